The number of hydrogen-bond acceptors (Lipinski definition) is 4. The van der Waals surface area contributed by atoms with Crippen LogP contribution in [0, 0.1) is 5.41 Å². The number of rotatable bonds is 5. The number of esters is 2. The van der Waals surface area contributed by atoms with Crippen molar-refractivity contribution in [3.05, 3.63) is 12.2 Å². The number of ether oxygens (including phenoxy) is 2. The van der Waals surface area contributed by atoms with Gasteiger partial charge in [0, 0.05) is 5.57 Å². The van der Waals surface area contributed by atoms with Crippen molar-refractivity contribution in [2.75, 3.05) is 0 Å². The molecular weight excluding hydrogens is 334 g/mol. The molecule has 0 bridgehead atoms. The largest absolute Gasteiger partial charge is 0.462 e. The standard InChI is InChI=1S/C13H16F6O4/c1-6(2)9(20)23-8(5)11(12(14,15)16,13(17,18)19)10(21)22-7(3)4/h7-8H,1H2,2-5H3. The van der Waals surface area contributed by atoms with Crippen LogP contribution in [0.2, 0.25) is 0 Å². The molecule has 0 aromatic carbocycles. The zero-order valence-corrected chi connectivity index (χ0v) is 12.8. The Hall–Kier alpha value is -1.74. The highest BCUT2D eigenvalue weighted by Gasteiger charge is 2.80. The summed E-state index contributed by atoms with van der Waals surface area (Å²) in [5.74, 6) is -4.08. The van der Waals surface area contributed by atoms with Crippen molar-refractivity contribution < 1.29 is 45.4 Å². The van der Waals surface area contributed by atoms with Gasteiger partial charge in [-0.25, -0.2) is 4.79 Å². The molecule has 0 radical (unpaired) electrons. The molecule has 0 spiro atoms. The number of hydrogen-bond donors (Lipinski definition) is 0. The molecular formula is C13H16F6O4. The van der Waals surface area contributed by atoms with Crippen molar-refractivity contribution in [3.8, 4) is 0 Å². The topological polar surface area (TPSA) is 52.6 Å². The van der Waals surface area contributed by atoms with E-state index in [0.29, 0.717) is 6.92 Å². The first kappa shape index (κ1) is 21.3. The molecule has 4 nitrogen and oxygen atoms in total. The fraction of sp³-hybridized carbons (Fsp3) is 0.692. The minimum Gasteiger partial charge on any atom is -0.462 e. The smallest absolute Gasteiger partial charge is 0.417 e. The third-order valence-electron chi connectivity index (χ3n) is 2.80. The van der Waals surface area contributed by atoms with Crippen LogP contribution in [0.15, 0.2) is 12.2 Å². The van der Waals surface area contributed by atoms with Crippen LogP contribution in [0.3, 0.4) is 0 Å². The number of halogens is 6. The van der Waals surface area contributed by atoms with Crippen LogP contribution in [0.1, 0.15) is 27.7 Å². The van der Waals surface area contributed by atoms with Crippen LogP contribution >= 0.6 is 0 Å². The molecule has 0 saturated carbocycles. The SMILES string of the molecule is C=C(C)C(=O)OC(C)C(C(=O)OC(C)C)(C(F)(F)F)C(F)(F)F. The summed E-state index contributed by atoms with van der Waals surface area (Å²) < 4.78 is 87.7. The van der Waals surface area contributed by atoms with Gasteiger partial charge in [0.15, 0.2) is 0 Å². The summed E-state index contributed by atoms with van der Waals surface area (Å²) in [7, 11) is 0. The molecule has 0 amide bonds. The zero-order valence-electron chi connectivity index (χ0n) is 12.8. The molecule has 134 valence electrons. The Labute approximate surface area is 128 Å². The molecule has 0 fully saturated rings. The Morgan fingerprint density at radius 2 is 1.30 bits per heavy atom. The molecule has 0 saturated heterocycles. The molecule has 0 heterocycles. The van der Waals surface area contributed by atoms with Crippen LogP contribution < -0.4 is 0 Å². The van der Waals surface area contributed by atoms with Gasteiger partial charge >= 0.3 is 24.3 Å². The predicted octanol–water partition coefficient (Wildman–Crippen LogP) is 3.56. The Bertz CT molecular complexity index is 464. The Morgan fingerprint density at radius 1 is 0.913 bits per heavy atom. The fourth-order valence-electron chi connectivity index (χ4n) is 1.68. The van der Waals surface area contributed by atoms with E-state index in [0.717, 1.165) is 20.8 Å². The lowest BCUT2D eigenvalue weighted by molar-refractivity contribution is -0.353. The molecule has 0 aliphatic rings. The van der Waals surface area contributed by atoms with Gasteiger partial charge in [0.25, 0.3) is 5.41 Å². The maximum absolute atomic E-state index is 13.2. The molecule has 23 heavy (non-hydrogen) atoms. The van der Waals surface area contributed by atoms with Crippen molar-refractivity contribution in [2.24, 2.45) is 5.41 Å². The first-order valence-corrected chi connectivity index (χ1v) is 6.30. The Morgan fingerprint density at radius 3 is 1.57 bits per heavy atom. The Kier molecular flexibility index (Phi) is 6.28. The van der Waals surface area contributed by atoms with E-state index in [1.807, 2.05) is 0 Å². The highest BCUT2D eigenvalue weighted by Crippen LogP contribution is 2.54. The summed E-state index contributed by atoms with van der Waals surface area (Å²) in [5, 5.41) is 0. The van der Waals surface area contributed by atoms with Gasteiger partial charge < -0.3 is 9.47 Å². The predicted molar refractivity (Wildman–Crippen MR) is 66.1 cm³/mol. The maximum Gasteiger partial charge on any atom is 0.417 e. The van der Waals surface area contributed by atoms with Crippen molar-refractivity contribution in [2.45, 2.75) is 52.3 Å². The lowest BCUT2D eigenvalue weighted by Gasteiger charge is -2.38. The van der Waals surface area contributed by atoms with E-state index < -0.39 is 47.5 Å². The van der Waals surface area contributed by atoms with E-state index in [2.05, 4.69) is 16.1 Å². The van der Waals surface area contributed by atoms with Crippen LogP contribution in [0.5, 0.6) is 0 Å². The second kappa shape index (κ2) is 6.79. The van der Waals surface area contributed by atoms with Gasteiger partial charge in [0.1, 0.15) is 6.10 Å². The first-order chi connectivity index (χ1) is 10.1. The molecule has 0 rings (SSSR count). The minimum atomic E-state index is -6.11. The molecule has 0 aromatic rings. The van der Waals surface area contributed by atoms with Gasteiger partial charge in [-0.2, -0.15) is 26.3 Å². The van der Waals surface area contributed by atoms with Crippen LogP contribution in [0.25, 0.3) is 0 Å². The molecule has 0 aromatic heterocycles. The molecule has 0 aliphatic heterocycles. The van der Waals surface area contributed by atoms with E-state index in [1.54, 1.807) is 0 Å². The molecule has 1 unspecified atom stereocenters. The van der Waals surface area contributed by atoms with E-state index >= 15 is 0 Å². The third kappa shape index (κ3) is 4.17. The first-order valence-electron chi connectivity index (χ1n) is 6.30. The van der Waals surface area contributed by atoms with Crippen molar-refractivity contribution in [1.29, 1.82) is 0 Å². The zero-order chi connectivity index (χ0) is 18.8. The number of alkyl halides is 6. The minimum absolute atomic E-state index is 0.323. The van der Waals surface area contributed by atoms with E-state index in [-0.39, 0.29) is 0 Å². The highest BCUT2D eigenvalue weighted by atomic mass is 19.4. The van der Waals surface area contributed by atoms with E-state index in [1.165, 1.54) is 0 Å². The Balaban J connectivity index is 6.20. The normalized spacial score (nSPS) is 14.4. The van der Waals surface area contributed by atoms with Gasteiger partial charge in [-0.15, -0.1) is 0 Å². The third-order valence-corrected chi connectivity index (χ3v) is 2.80. The average Bonchev–Trinajstić information content (AvgIpc) is 2.23. The summed E-state index contributed by atoms with van der Waals surface area (Å²) >= 11 is 0. The van der Waals surface area contributed by atoms with Crippen molar-refractivity contribution in [3.63, 3.8) is 0 Å². The second-order valence-electron chi connectivity index (χ2n) is 5.09. The molecule has 1 atom stereocenters. The number of carbonyl (C=O) groups excluding carboxylic acids is 2. The lowest BCUT2D eigenvalue weighted by Crippen LogP contribution is -2.63. The molecule has 10 heteroatoms. The number of carbonyl (C=O) groups is 2. The quantitative estimate of drug-likeness (QED) is 0.432. The van der Waals surface area contributed by atoms with Gasteiger partial charge in [-0.1, -0.05) is 6.58 Å². The van der Waals surface area contributed by atoms with Crippen molar-refractivity contribution in [1.82, 2.24) is 0 Å². The summed E-state index contributed by atoms with van der Waals surface area (Å²) in [5.41, 5.74) is -5.43. The van der Waals surface area contributed by atoms with Crippen LogP contribution in [-0.2, 0) is 19.1 Å². The molecule has 0 N–H and O–H groups in total. The van der Waals surface area contributed by atoms with Gasteiger partial charge in [0.2, 0.25) is 0 Å². The highest BCUT2D eigenvalue weighted by molar-refractivity contribution is 5.88. The lowest BCUT2D eigenvalue weighted by atomic mass is 9.80. The summed E-state index contributed by atoms with van der Waals surface area (Å²) in [6, 6.07) is 0. The second-order valence-corrected chi connectivity index (χ2v) is 5.09. The van der Waals surface area contributed by atoms with E-state index in [9.17, 15) is 35.9 Å². The monoisotopic (exact) mass is 350 g/mol. The van der Waals surface area contributed by atoms with Gasteiger partial charge in [-0.3, -0.25) is 4.79 Å². The average molecular weight is 350 g/mol. The summed E-state index contributed by atoms with van der Waals surface area (Å²) in [6.45, 7) is 6.58. The van der Waals surface area contributed by atoms with Crippen LogP contribution in [0.4, 0.5) is 26.3 Å². The molecule has 0 aliphatic carbocycles. The fourth-order valence-corrected chi connectivity index (χ4v) is 1.68. The summed E-state index contributed by atoms with van der Waals surface area (Å²) in [4.78, 5) is 23.0. The van der Waals surface area contributed by atoms with Crippen molar-refractivity contribution >= 4 is 11.9 Å². The maximum atomic E-state index is 13.2. The summed E-state index contributed by atoms with van der Waals surface area (Å²) in [6.07, 6.45) is -16.4. The van der Waals surface area contributed by atoms with Gasteiger partial charge in [-0.05, 0) is 27.7 Å². The van der Waals surface area contributed by atoms with Crippen LogP contribution in [-0.4, -0.2) is 36.5 Å². The van der Waals surface area contributed by atoms with E-state index in [4.69, 9.17) is 0 Å². The van der Waals surface area contributed by atoms with Gasteiger partial charge in [0.05, 0.1) is 6.10 Å².